The number of aromatic nitrogens is 2. The molecule has 3 aromatic rings. The quantitative estimate of drug-likeness (QED) is 0.438. The van der Waals surface area contributed by atoms with Crippen molar-refractivity contribution < 1.29 is 22.4 Å². The minimum atomic E-state index is -4.55. The number of rotatable bonds is 7. The average Bonchev–Trinajstić information content (AvgIpc) is 3.23. The fraction of sp³-hybridized carbons (Fsp3) is 0.250. The summed E-state index contributed by atoms with van der Waals surface area (Å²) in [6, 6.07) is 11.2. The summed E-state index contributed by atoms with van der Waals surface area (Å²) in [6.07, 6.45) is -3.02. The van der Waals surface area contributed by atoms with Gasteiger partial charge in [0.25, 0.3) is 5.91 Å². The molecule has 0 spiro atoms. The monoisotopic (exact) mass is 436 g/mol. The van der Waals surface area contributed by atoms with Crippen LogP contribution in [0.2, 0.25) is 0 Å². The first-order chi connectivity index (χ1) is 14.2. The fourth-order valence-corrected chi connectivity index (χ4v) is 3.24. The number of anilines is 1. The number of furan rings is 1. The molecule has 10 heteroatoms. The van der Waals surface area contributed by atoms with Gasteiger partial charge in [0.15, 0.2) is 10.9 Å². The van der Waals surface area contributed by atoms with Crippen LogP contribution < -0.4 is 10.2 Å². The van der Waals surface area contributed by atoms with Gasteiger partial charge in [-0.15, -0.1) is 0 Å². The zero-order valence-corrected chi connectivity index (χ0v) is 17.0. The van der Waals surface area contributed by atoms with Crippen LogP contribution in [0.15, 0.2) is 58.3 Å². The van der Waals surface area contributed by atoms with E-state index in [1.165, 1.54) is 11.2 Å². The van der Waals surface area contributed by atoms with Crippen LogP contribution in [0.3, 0.4) is 0 Å². The van der Waals surface area contributed by atoms with Crippen molar-refractivity contribution in [2.24, 2.45) is 0 Å². The van der Waals surface area contributed by atoms with E-state index in [1.807, 2.05) is 0 Å². The number of carbonyl (C=O) groups excluding carboxylic acids is 1. The first-order valence-corrected chi connectivity index (χ1v) is 9.87. The second kappa shape index (κ2) is 9.21. The molecule has 2 aromatic heterocycles. The van der Waals surface area contributed by atoms with E-state index in [2.05, 4.69) is 15.3 Å². The highest BCUT2D eigenvalue weighted by Gasteiger charge is 2.34. The van der Waals surface area contributed by atoms with Crippen LogP contribution in [-0.4, -0.2) is 30.0 Å². The third-order valence-electron chi connectivity index (χ3n) is 4.03. The van der Waals surface area contributed by atoms with Gasteiger partial charge >= 0.3 is 6.18 Å². The summed E-state index contributed by atoms with van der Waals surface area (Å²) in [5.41, 5.74) is 0.322. The van der Waals surface area contributed by atoms with Crippen molar-refractivity contribution in [3.05, 3.63) is 71.3 Å². The first kappa shape index (κ1) is 21.7. The van der Waals surface area contributed by atoms with Crippen molar-refractivity contribution in [3.63, 3.8) is 0 Å². The molecule has 30 heavy (non-hydrogen) atoms. The summed E-state index contributed by atoms with van der Waals surface area (Å²) in [4.78, 5) is 21.5. The molecular formula is C20H19F3N4O2S. The summed E-state index contributed by atoms with van der Waals surface area (Å²) >= 11 is 1.10. The molecule has 2 heterocycles. The second-order valence-electron chi connectivity index (χ2n) is 6.53. The van der Waals surface area contributed by atoms with Gasteiger partial charge in [0.05, 0.1) is 12.8 Å². The van der Waals surface area contributed by atoms with Crippen molar-refractivity contribution in [3.8, 4) is 0 Å². The highest BCUT2D eigenvalue weighted by Crippen LogP contribution is 2.31. The van der Waals surface area contributed by atoms with Gasteiger partial charge in [-0.1, -0.05) is 23.9 Å². The number of hydrogen-bond acceptors (Lipinski definition) is 6. The normalized spacial score (nSPS) is 11.4. The minimum Gasteiger partial charge on any atom is -0.467 e. The van der Waals surface area contributed by atoms with Gasteiger partial charge in [0.1, 0.15) is 11.6 Å². The van der Waals surface area contributed by atoms with Crippen LogP contribution in [0, 0.1) is 0 Å². The van der Waals surface area contributed by atoms with Crippen LogP contribution in [-0.2, 0) is 18.5 Å². The number of alkyl halides is 3. The van der Waals surface area contributed by atoms with Crippen LogP contribution in [0.1, 0.15) is 27.4 Å². The lowest BCUT2D eigenvalue weighted by atomic mass is 10.1. The van der Waals surface area contributed by atoms with Gasteiger partial charge < -0.3 is 14.6 Å². The Labute approximate surface area is 175 Å². The van der Waals surface area contributed by atoms with Crippen molar-refractivity contribution in [2.45, 2.75) is 23.6 Å². The molecule has 0 aliphatic carbocycles. The van der Waals surface area contributed by atoms with Gasteiger partial charge in [-0.05, 0) is 29.8 Å². The molecular weight excluding hydrogens is 417 g/mol. The van der Waals surface area contributed by atoms with Crippen molar-refractivity contribution in [1.82, 2.24) is 15.3 Å². The number of amides is 1. The van der Waals surface area contributed by atoms with Crippen molar-refractivity contribution in [1.29, 1.82) is 0 Å². The predicted molar refractivity (Wildman–Crippen MR) is 107 cm³/mol. The van der Waals surface area contributed by atoms with Gasteiger partial charge in [0.2, 0.25) is 0 Å². The van der Waals surface area contributed by atoms with Gasteiger partial charge in [-0.2, -0.15) is 13.2 Å². The Morgan fingerprint density at radius 2 is 1.90 bits per heavy atom. The minimum absolute atomic E-state index is 0.0359. The van der Waals surface area contributed by atoms with E-state index >= 15 is 0 Å². The van der Waals surface area contributed by atoms with Gasteiger partial charge in [-0.3, -0.25) is 4.79 Å². The van der Waals surface area contributed by atoms with E-state index in [1.54, 1.807) is 50.5 Å². The smallest absolute Gasteiger partial charge is 0.433 e. The maximum Gasteiger partial charge on any atom is 0.433 e. The third-order valence-corrected chi connectivity index (χ3v) is 4.95. The number of nitrogens with zero attached hydrogens (tertiary/aromatic N) is 3. The number of halogens is 3. The van der Waals surface area contributed by atoms with Crippen LogP contribution in [0.25, 0.3) is 0 Å². The maximum absolute atomic E-state index is 13.1. The number of thioether (sulfide) groups is 1. The zero-order chi connectivity index (χ0) is 21.7. The van der Waals surface area contributed by atoms with E-state index in [4.69, 9.17) is 4.42 Å². The topological polar surface area (TPSA) is 71.3 Å². The summed E-state index contributed by atoms with van der Waals surface area (Å²) in [7, 11) is 3.24. The molecule has 0 aliphatic heterocycles. The van der Waals surface area contributed by atoms with E-state index < -0.39 is 11.9 Å². The molecule has 3 rings (SSSR count). The Morgan fingerprint density at radius 3 is 2.50 bits per heavy atom. The molecule has 6 nitrogen and oxygen atoms in total. The van der Waals surface area contributed by atoms with Crippen molar-refractivity contribution in [2.75, 3.05) is 19.0 Å². The van der Waals surface area contributed by atoms with E-state index in [-0.39, 0.29) is 23.4 Å². The van der Waals surface area contributed by atoms with Crippen LogP contribution in [0.4, 0.5) is 19.0 Å². The molecule has 0 saturated heterocycles. The SMILES string of the molecule is CN(C)c1cc(C(F)(F)F)nc(SCc2ccc(C(=O)NCc3ccco3)cc2)n1. The highest BCUT2D eigenvalue weighted by molar-refractivity contribution is 7.98. The van der Waals surface area contributed by atoms with Gasteiger partial charge in [-0.25, -0.2) is 9.97 Å². The third kappa shape index (κ3) is 5.76. The molecule has 1 amide bonds. The average molecular weight is 436 g/mol. The Morgan fingerprint density at radius 1 is 1.17 bits per heavy atom. The summed E-state index contributed by atoms with van der Waals surface area (Å²) < 4.78 is 44.4. The molecule has 158 valence electrons. The summed E-state index contributed by atoms with van der Waals surface area (Å²) in [5, 5.41) is 2.78. The Balaban J connectivity index is 1.63. The summed E-state index contributed by atoms with van der Waals surface area (Å²) in [5.74, 6) is 0.947. The number of carbonyl (C=O) groups is 1. The lowest BCUT2D eigenvalue weighted by Gasteiger charge is -2.15. The Hall–Kier alpha value is -3.01. The first-order valence-electron chi connectivity index (χ1n) is 8.88. The van der Waals surface area contributed by atoms with E-state index in [9.17, 15) is 18.0 Å². The highest BCUT2D eigenvalue weighted by atomic mass is 32.2. The second-order valence-corrected chi connectivity index (χ2v) is 7.48. The largest absolute Gasteiger partial charge is 0.467 e. The van der Waals surface area contributed by atoms with Crippen LogP contribution in [0.5, 0.6) is 0 Å². The molecule has 0 radical (unpaired) electrons. The Kier molecular flexibility index (Phi) is 6.66. The zero-order valence-electron chi connectivity index (χ0n) is 16.2. The molecule has 0 bridgehead atoms. The molecule has 0 atom stereocenters. The molecule has 0 aliphatic rings. The lowest BCUT2D eigenvalue weighted by Crippen LogP contribution is -2.22. The molecule has 0 fully saturated rings. The Bertz CT molecular complexity index is 990. The number of nitrogens with one attached hydrogen (secondary N) is 1. The molecule has 0 unspecified atom stereocenters. The van der Waals surface area contributed by atoms with Gasteiger partial charge in [0, 0.05) is 31.5 Å². The maximum atomic E-state index is 13.1. The molecule has 1 N–H and O–H groups in total. The van der Waals surface area contributed by atoms with E-state index in [0.29, 0.717) is 17.1 Å². The van der Waals surface area contributed by atoms with E-state index in [0.717, 1.165) is 23.4 Å². The lowest BCUT2D eigenvalue weighted by molar-refractivity contribution is -0.141. The predicted octanol–water partition coefficient (Wildman–Crippen LogP) is 4.38. The molecule has 1 aromatic carbocycles. The molecule has 0 saturated carbocycles. The van der Waals surface area contributed by atoms with Crippen molar-refractivity contribution >= 4 is 23.5 Å². The fourth-order valence-electron chi connectivity index (χ4n) is 2.43. The number of hydrogen-bond donors (Lipinski definition) is 1. The summed E-state index contributed by atoms with van der Waals surface area (Å²) in [6.45, 7) is 0.282. The van der Waals surface area contributed by atoms with Crippen LogP contribution >= 0.6 is 11.8 Å². The number of benzene rings is 1. The standard InChI is InChI=1S/C20H19F3N4O2S/c1-27(2)17-10-16(20(21,22)23)25-19(26-17)30-12-13-5-7-14(8-6-13)18(28)24-11-15-4-3-9-29-15/h3-10H,11-12H2,1-2H3,(H,24,28).